The van der Waals surface area contributed by atoms with E-state index in [1.54, 1.807) is 0 Å². The Hall–Kier alpha value is -1.37. The van der Waals surface area contributed by atoms with Gasteiger partial charge in [-0.25, -0.2) is 0 Å². The van der Waals surface area contributed by atoms with E-state index in [0.29, 0.717) is 13.4 Å². The lowest BCUT2D eigenvalue weighted by molar-refractivity contribution is -0.202. The maximum atomic E-state index is 9.30. The van der Waals surface area contributed by atoms with E-state index in [9.17, 15) is 5.26 Å². The SMILES string of the molecule is CCCCCC1(c2ccccc2C#N)CCOCO1. The quantitative estimate of drug-likeness (QED) is 0.757. The molecule has 2 rings (SSSR count). The first-order chi connectivity index (χ1) is 9.32. The van der Waals surface area contributed by atoms with Gasteiger partial charge in [-0.2, -0.15) is 5.26 Å². The van der Waals surface area contributed by atoms with Gasteiger partial charge in [0, 0.05) is 12.0 Å². The molecule has 0 amide bonds. The zero-order valence-electron chi connectivity index (χ0n) is 11.5. The number of nitrogens with zero attached hydrogens (tertiary/aromatic N) is 1. The van der Waals surface area contributed by atoms with Gasteiger partial charge in [-0.3, -0.25) is 0 Å². The van der Waals surface area contributed by atoms with Gasteiger partial charge in [-0.15, -0.1) is 0 Å². The molecule has 1 unspecified atom stereocenters. The molecular formula is C16H21NO2. The molecule has 0 N–H and O–H groups in total. The van der Waals surface area contributed by atoms with Crippen LogP contribution in [0, 0.1) is 11.3 Å². The van der Waals surface area contributed by atoms with E-state index in [-0.39, 0.29) is 5.60 Å². The van der Waals surface area contributed by atoms with Crippen LogP contribution in [-0.4, -0.2) is 13.4 Å². The number of benzene rings is 1. The predicted octanol–water partition coefficient (Wildman–Crippen LogP) is 3.73. The Morgan fingerprint density at radius 1 is 1.32 bits per heavy atom. The van der Waals surface area contributed by atoms with Gasteiger partial charge in [0.1, 0.15) is 6.79 Å². The van der Waals surface area contributed by atoms with Crippen molar-refractivity contribution in [3.05, 3.63) is 35.4 Å². The molecule has 0 aliphatic carbocycles. The summed E-state index contributed by atoms with van der Waals surface area (Å²) in [6, 6.07) is 10.1. The molecule has 0 saturated carbocycles. The van der Waals surface area contributed by atoms with E-state index < -0.39 is 0 Å². The first kappa shape index (κ1) is 14.0. The largest absolute Gasteiger partial charge is 0.355 e. The molecule has 1 aromatic rings. The van der Waals surface area contributed by atoms with Gasteiger partial charge in [-0.1, -0.05) is 44.4 Å². The van der Waals surface area contributed by atoms with Crippen LogP contribution in [0.2, 0.25) is 0 Å². The number of nitriles is 1. The molecular weight excluding hydrogens is 238 g/mol. The summed E-state index contributed by atoms with van der Waals surface area (Å²) >= 11 is 0. The average molecular weight is 259 g/mol. The van der Waals surface area contributed by atoms with Crippen molar-refractivity contribution in [3.63, 3.8) is 0 Å². The number of unbranched alkanes of at least 4 members (excludes halogenated alkanes) is 2. The fourth-order valence-corrected chi connectivity index (χ4v) is 2.71. The topological polar surface area (TPSA) is 42.2 Å². The van der Waals surface area contributed by atoms with Crippen LogP contribution in [0.15, 0.2) is 24.3 Å². The molecule has 0 spiro atoms. The summed E-state index contributed by atoms with van der Waals surface area (Å²) in [6.07, 6.45) is 5.29. The van der Waals surface area contributed by atoms with Crippen molar-refractivity contribution in [2.75, 3.05) is 13.4 Å². The van der Waals surface area contributed by atoms with Gasteiger partial charge in [0.2, 0.25) is 0 Å². The van der Waals surface area contributed by atoms with Gasteiger partial charge in [0.05, 0.1) is 23.8 Å². The highest BCUT2D eigenvalue weighted by molar-refractivity contribution is 5.41. The standard InChI is InChI=1S/C16H21NO2/c1-2-3-6-9-16(10-11-18-13-19-16)15-8-5-4-7-14(15)12-17/h4-5,7-8H,2-3,6,9-11,13H2,1H3. The predicted molar refractivity (Wildman–Crippen MR) is 73.5 cm³/mol. The van der Waals surface area contributed by atoms with Crippen molar-refractivity contribution >= 4 is 0 Å². The minimum atomic E-state index is -0.334. The third kappa shape index (κ3) is 3.15. The highest BCUT2D eigenvalue weighted by Gasteiger charge is 2.36. The van der Waals surface area contributed by atoms with Gasteiger partial charge in [0.15, 0.2) is 0 Å². The van der Waals surface area contributed by atoms with E-state index in [1.807, 2.05) is 24.3 Å². The monoisotopic (exact) mass is 259 g/mol. The molecule has 3 nitrogen and oxygen atoms in total. The maximum Gasteiger partial charge on any atom is 0.147 e. The Bertz CT molecular complexity index is 444. The lowest BCUT2D eigenvalue weighted by Crippen LogP contribution is -2.37. The second-order valence-electron chi connectivity index (χ2n) is 5.03. The van der Waals surface area contributed by atoms with Gasteiger partial charge in [0.25, 0.3) is 0 Å². The highest BCUT2D eigenvalue weighted by Crippen LogP contribution is 2.39. The first-order valence-electron chi connectivity index (χ1n) is 7.04. The zero-order chi connectivity index (χ0) is 13.6. The van der Waals surface area contributed by atoms with Crippen LogP contribution in [0.3, 0.4) is 0 Å². The molecule has 0 bridgehead atoms. The summed E-state index contributed by atoms with van der Waals surface area (Å²) < 4.78 is 11.3. The van der Waals surface area contributed by atoms with Crippen LogP contribution in [0.4, 0.5) is 0 Å². The Labute approximate surface area is 115 Å². The van der Waals surface area contributed by atoms with Crippen LogP contribution in [0.25, 0.3) is 0 Å². The third-order valence-corrected chi connectivity index (χ3v) is 3.79. The molecule has 1 aliphatic heterocycles. The van der Waals surface area contributed by atoms with E-state index in [0.717, 1.165) is 30.4 Å². The van der Waals surface area contributed by atoms with Crippen molar-refractivity contribution in [1.82, 2.24) is 0 Å². The van der Waals surface area contributed by atoms with Crippen LogP contribution in [0.5, 0.6) is 0 Å². The minimum absolute atomic E-state index is 0.325. The smallest absolute Gasteiger partial charge is 0.147 e. The summed E-state index contributed by atoms with van der Waals surface area (Å²) in [4.78, 5) is 0. The minimum Gasteiger partial charge on any atom is -0.355 e. The molecule has 3 heteroatoms. The van der Waals surface area contributed by atoms with Crippen molar-refractivity contribution in [2.45, 2.75) is 44.6 Å². The van der Waals surface area contributed by atoms with E-state index in [1.165, 1.54) is 12.8 Å². The number of ether oxygens (including phenoxy) is 2. The van der Waals surface area contributed by atoms with E-state index in [2.05, 4.69) is 13.0 Å². The number of rotatable bonds is 5. The lowest BCUT2D eigenvalue weighted by atomic mass is 9.82. The highest BCUT2D eigenvalue weighted by atomic mass is 16.7. The van der Waals surface area contributed by atoms with Crippen molar-refractivity contribution in [2.24, 2.45) is 0 Å². The Morgan fingerprint density at radius 2 is 2.16 bits per heavy atom. The molecule has 1 heterocycles. The molecule has 1 saturated heterocycles. The maximum absolute atomic E-state index is 9.30. The fourth-order valence-electron chi connectivity index (χ4n) is 2.71. The Morgan fingerprint density at radius 3 is 2.84 bits per heavy atom. The molecule has 0 radical (unpaired) electrons. The number of hydrogen-bond donors (Lipinski definition) is 0. The van der Waals surface area contributed by atoms with Gasteiger partial charge >= 0.3 is 0 Å². The van der Waals surface area contributed by atoms with Gasteiger partial charge in [-0.05, 0) is 12.5 Å². The Balaban J connectivity index is 2.28. The molecule has 0 aromatic heterocycles. The molecule has 1 aliphatic rings. The second-order valence-corrected chi connectivity index (χ2v) is 5.03. The summed E-state index contributed by atoms with van der Waals surface area (Å²) in [5, 5.41) is 9.30. The van der Waals surface area contributed by atoms with Gasteiger partial charge < -0.3 is 9.47 Å². The third-order valence-electron chi connectivity index (χ3n) is 3.79. The Kier molecular flexibility index (Phi) is 4.95. The molecule has 1 aromatic carbocycles. The van der Waals surface area contributed by atoms with Crippen molar-refractivity contribution < 1.29 is 9.47 Å². The molecule has 1 atom stereocenters. The van der Waals surface area contributed by atoms with Crippen molar-refractivity contribution in [1.29, 1.82) is 5.26 Å². The average Bonchev–Trinajstić information content (AvgIpc) is 2.48. The fraction of sp³-hybridized carbons (Fsp3) is 0.562. The summed E-state index contributed by atoms with van der Waals surface area (Å²) in [7, 11) is 0. The van der Waals surface area contributed by atoms with Crippen LogP contribution in [0.1, 0.15) is 50.2 Å². The van der Waals surface area contributed by atoms with E-state index in [4.69, 9.17) is 9.47 Å². The first-order valence-corrected chi connectivity index (χ1v) is 7.04. The summed E-state index contributed by atoms with van der Waals surface area (Å²) in [6.45, 7) is 3.22. The van der Waals surface area contributed by atoms with Crippen LogP contribution < -0.4 is 0 Å². The normalized spacial score (nSPS) is 22.9. The molecule has 1 fully saturated rings. The van der Waals surface area contributed by atoms with E-state index >= 15 is 0 Å². The lowest BCUT2D eigenvalue weighted by Gasteiger charge is -2.38. The van der Waals surface area contributed by atoms with Crippen LogP contribution >= 0.6 is 0 Å². The zero-order valence-corrected chi connectivity index (χ0v) is 11.5. The molecule has 19 heavy (non-hydrogen) atoms. The van der Waals surface area contributed by atoms with Crippen molar-refractivity contribution in [3.8, 4) is 6.07 Å². The summed E-state index contributed by atoms with van der Waals surface area (Å²) in [5.74, 6) is 0. The second kappa shape index (κ2) is 6.70. The molecule has 102 valence electrons. The summed E-state index contributed by atoms with van der Waals surface area (Å²) in [5.41, 5.74) is 1.41. The van der Waals surface area contributed by atoms with Crippen LogP contribution in [-0.2, 0) is 15.1 Å². The number of hydrogen-bond acceptors (Lipinski definition) is 3.